The van der Waals surface area contributed by atoms with Crippen molar-refractivity contribution in [2.24, 2.45) is 0 Å². The number of para-hydroxylation sites is 1. The van der Waals surface area contributed by atoms with Crippen LogP contribution in [0.15, 0.2) is 48.5 Å². The second kappa shape index (κ2) is 9.65. The number of hydrogen-bond acceptors (Lipinski definition) is 3. The average Bonchev–Trinajstić information content (AvgIpc) is 2.74. The Labute approximate surface area is 180 Å². The highest BCUT2D eigenvalue weighted by atomic mass is 32.2. The van der Waals surface area contributed by atoms with Gasteiger partial charge in [0.25, 0.3) is 0 Å². The van der Waals surface area contributed by atoms with Crippen molar-refractivity contribution >= 4 is 21.6 Å². The van der Waals surface area contributed by atoms with Gasteiger partial charge in [-0.15, -0.1) is 0 Å². The smallest absolute Gasteiger partial charge is 0.244 e. The summed E-state index contributed by atoms with van der Waals surface area (Å²) in [6.45, 7) is 3.88. The second-order valence-corrected chi connectivity index (χ2v) is 9.88. The van der Waals surface area contributed by atoms with Crippen LogP contribution in [0.1, 0.15) is 62.3 Å². The minimum absolute atomic E-state index is 0.143. The topological polar surface area (TPSA) is 66.5 Å². The molecule has 162 valence electrons. The molecule has 2 aromatic carbocycles. The van der Waals surface area contributed by atoms with Crippen molar-refractivity contribution in [1.29, 1.82) is 0 Å². The third kappa shape index (κ3) is 5.04. The van der Waals surface area contributed by atoms with Gasteiger partial charge in [0, 0.05) is 0 Å². The van der Waals surface area contributed by atoms with Gasteiger partial charge in [-0.1, -0.05) is 50.2 Å². The molecule has 0 radical (unpaired) electrons. The molecular formula is C24H32N2O3S. The van der Waals surface area contributed by atoms with Gasteiger partial charge in [-0.25, -0.2) is 8.42 Å². The number of amides is 1. The van der Waals surface area contributed by atoms with Crippen molar-refractivity contribution in [1.82, 2.24) is 5.32 Å². The molecule has 2 unspecified atom stereocenters. The Morgan fingerprint density at radius 3 is 2.27 bits per heavy atom. The quantitative estimate of drug-likeness (QED) is 0.679. The van der Waals surface area contributed by atoms with Gasteiger partial charge in [0.15, 0.2) is 0 Å². The standard InChI is InChI=1S/C24H32N2O3S/c1-4-22(20-16-15-18-11-9-10-12-19(18)17-20)25-24(27)23(5-2)26(30(3,28)29)21-13-7-6-8-14-21/h6-8,13-17,22-23H,4-5,9-12H2,1-3H3,(H,25,27). The lowest BCUT2D eigenvalue weighted by molar-refractivity contribution is -0.123. The van der Waals surface area contributed by atoms with E-state index in [2.05, 4.69) is 23.5 Å². The minimum atomic E-state index is -3.62. The van der Waals surface area contributed by atoms with Crippen molar-refractivity contribution in [2.75, 3.05) is 10.6 Å². The van der Waals surface area contributed by atoms with E-state index in [1.54, 1.807) is 24.3 Å². The van der Waals surface area contributed by atoms with Gasteiger partial charge < -0.3 is 5.32 Å². The first kappa shape index (κ1) is 22.3. The number of carbonyl (C=O) groups excluding carboxylic acids is 1. The normalized spacial score (nSPS) is 15.7. The lowest BCUT2D eigenvalue weighted by Crippen LogP contribution is -2.50. The van der Waals surface area contributed by atoms with E-state index in [0.717, 1.165) is 31.1 Å². The number of sulfonamides is 1. The van der Waals surface area contributed by atoms with Crippen LogP contribution in [0.4, 0.5) is 5.69 Å². The van der Waals surface area contributed by atoms with Crippen LogP contribution in [0.2, 0.25) is 0 Å². The van der Waals surface area contributed by atoms with Crippen LogP contribution in [-0.2, 0) is 27.7 Å². The molecule has 1 amide bonds. The molecule has 6 heteroatoms. The molecule has 30 heavy (non-hydrogen) atoms. The van der Waals surface area contributed by atoms with Crippen LogP contribution in [0.25, 0.3) is 0 Å². The van der Waals surface area contributed by atoms with Crippen LogP contribution in [0, 0.1) is 0 Å². The number of fused-ring (bicyclic) bond motifs is 1. The van der Waals surface area contributed by atoms with E-state index in [9.17, 15) is 13.2 Å². The first-order valence-electron chi connectivity index (χ1n) is 10.8. The maximum atomic E-state index is 13.2. The van der Waals surface area contributed by atoms with Gasteiger partial charge in [0.2, 0.25) is 15.9 Å². The van der Waals surface area contributed by atoms with E-state index >= 15 is 0 Å². The summed E-state index contributed by atoms with van der Waals surface area (Å²) >= 11 is 0. The Hall–Kier alpha value is -2.34. The number of aryl methyl sites for hydroxylation is 2. The molecule has 0 heterocycles. The summed E-state index contributed by atoms with van der Waals surface area (Å²) in [5.74, 6) is -0.267. The molecular weight excluding hydrogens is 396 g/mol. The van der Waals surface area contributed by atoms with E-state index in [4.69, 9.17) is 0 Å². The maximum Gasteiger partial charge on any atom is 0.244 e. The Kier molecular flexibility index (Phi) is 7.19. The predicted octanol–water partition coefficient (Wildman–Crippen LogP) is 4.38. The molecule has 1 N–H and O–H groups in total. The maximum absolute atomic E-state index is 13.2. The average molecular weight is 429 g/mol. The molecule has 3 rings (SSSR count). The SMILES string of the molecule is CCC(NC(=O)C(CC)N(c1ccccc1)S(C)(=O)=O)c1ccc2c(c1)CCCC2. The second-order valence-electron chi connectivity index (χ2n) is 8.02. The summed E-state index contributed by atoms with van der Waals surface area (Å²) in [6, 6.07) is 14.4. The van der Waals surface area contributed by atoms with Gasteiger partial charge in [0.1, 0.15) is 6.04 Å². The number of carbonyl (C=O) groups is 1. The first-order chi connectivity index (χ1) is 14.3. The lowest BCUT2D eigenvalue weighted by atomic mass is 9.88. The van der Waals surface area contributed by atoms with E-state index in [-0.39, 0.29) is 11.9 Å². The molecule has 1 aliphatic rings. The summed E-state index contributed by atoms with van der Waals surface area (Å²) < 4.78 is 26.4. The number of anilines is 1. The molecule has 0 bridgehead atoms. The Bertz CT molecular complexity index is 973. The Morgan fingerprint density at radius 2 is 1.67 bits per heavy atom. The van der Waals surface area contributed by atoms with Gasteiger partial charge in [-0.05, 0) is 67.3 Å². The van der Waals surface area contributed by atoms with Gasteiger partial charge in [-0.2, -0.15) is 0 Å². The number of benzene rings is 2. The summed E-state index contributed by atoms with van der Waals surface area (Å²) in [6.07, 6.45) is 6.92. The van der Waals surface area contributed by atoms with Gasteiger partial charge in [-0.3, -0.25) is 9.10 Å². The highest BCUT2D eigenvalue weighted by Gasteiger charge is 2.32. The van der Waals surface area contributed by atoms with E-state index < -0.39 is 16.1 Å². The fourth-order valence-electron chi connectivity index (χ4n) is 4.29. The molecule has 0 saturated heterocycles. The Balaban J connectivity index is 1.85. The highest BCUT2D eigenvalue weighted by molar-refractivity contribution is 7.92. The zero-order chi connectivity index (χ0) is 21.7. The zero-order valence-electron chi connectivity index (χ0n) is 18.1. The Morgan fingerprint density at radius 1 is 1.00 bits per heavy atom. The third-order valence-electron chi connectivity index (χ3n) is 5.84. The van der Waals surface area contributed by atoms with Crippen molar-refractivity contribution in [3.05, 3.63) is 65.2 Å². The first-order valence-corrected chi connectivity index (χ1v) is 12.7. The van der Waals surface area contributed by atoms with Crippen LogP contribution in [0.3, 0.4) is 0 Å². The van der Waals surface area contributed by atoms with Crippen LogP contribution in [0.5, 0.6) is 0 Å². The van der Waals surface area contributed by atoms with Crippen molar-refractivity contribution in [3.63, 3.8) is 0 Å². The number of nitrogens with zero attached hydrogens (tertiary/aromatic N) is 1. The van der Waals surface area contributed by atoms with Gasteiger partial charge >= 0.3 is 0 Å². The number of rotatable bonds is 8. The summed E-state index contributed by atoms with van der Waals surface area (Å²) in [5.41, 5.74) is 4.38. The van der Waals surface area contributed by atoms with Crippen molar-refractivity contribution in [3.8, 4) is 0 Å². The fraction of sp³-hybridized carbons (Fsp3) is 0.458. The largest absolute Gasteiger partial charge is 0.347 e. The fourth-order valence-corrected chi connectivity index (χ4v) is 5.51. The molecule has 0 spiro atoms. The van der Waals surface area contributed by atoms with Gasteiger partial charge in [0.05, 0.1) is 18.0 Å². The van der Waals surface area contributed by atoms with Crippen LogP contribution < -0.4 is 9.62 Å². The molecule has 0 aromatic heterocycles. The molecule has 1 aliphatic carbocycles. The zero-order valence-corrected chi connectivity index (χ0v) is 18.9. The monoisotopic (exact) mass is 428 g/mol. The summed E-state index contributed by atoms with van der Waals surface area (Å²) in [7, 11) is -3.62. The molecule has 5 nitrogen and oxygen atoms in total. The number of nitrogens with one attached hydrogen (secondary N) is 1. The molecule has 0 aliphatic heterocycles. The van der Waals surface area contributed by atoms with E-state index in [1.165, 1.54) is 28.3 Å². The van der Waals surface area contributed by atoms with Crippen LogP contribution in [-0.4, -0.2) is 26.6 Å². The summed E-state index contributed by atoms with van der Waals surface area (Å²) in [4.78, 5) is 13.2. The minimum Gasteiger partial charge on any atom is -0.347 e. The van der Waals surface area contributed by atoms with E-state index in [1.807, 2.05) is 19.9 Å². The molecule has 2 aromatic rings. The van der Waals surface area contributed by atoms with Crippen molar-refractivity contribution < 1.29 is 13.2 Å². The molecule has 0 fully saturated rings. The molecule has 2 atom stereocenters. The van der Waals surface area contributed by atoms with Crippen molar-refractivity contribution in [2.45, 2.75) is 64.5 Å². The highest BCUT2D eigenvalue weighted by Crippen LogP contribution is 2.27. The predicted molar refractivity (Wildman–Crippen MR) is 122 cm³/mol. The third-order valence-corrected chi connectivity index (χ3v) is 7.02. The summed E-state index contributed by atoms with van der Waals surface area (Å²) in [5, 5.41) is 3.12. The van der Waals surface area contributed by atoms with Crippen LogP contribution >= 0.6 is 0 Å². The molecule has 0 saturated carbocycles. The lowest BCUT2D eigenvalue weighted by Gasteiger charge is -2.31. The number of hydrogen-bond donors (Lipinski definition) is 1. The van der Waals surface area contributed by atoms with E-state index in [0.29, 0.717) is 12.1 Å².